The largest absolute Gasteiger partial charge is 0.350 e. The average molecular weight is 216 g/mol. The van der Waals surface area contributed by atoms with E-state index in [1.54, 1.807) is 0 Å². The van der Waals surface area contributed by atoms with Crippen LogP contribution in [-0.2, 0) is 13.5 Å². The van der Waals surface area contributed by atoms with Gasteiger partial charge < -0.3 is 10.3 Å². The second-order valence-electron chi connectivity index (χ2n) is 4.65. The van der Waals surface area contributed by atoms with Crippen molar-refractivity contribution in [3.8, 4) is 0 Å². The lowest BCUT2D eigenvalue weighted by atomic mass is 10.1. The van der Waals surface area contributed by atoms with Crippen LogP contribution in [0.1, 0.15) is 25.3 Å². The van der Waals surface area contributed by atoms with E-state index in [2.05, 4.69) is 49.0 Å². The van der Waals surface area contributed by atoms with Crippen LogP contribution in [0.25, 0.3) is 10.9 Å². The molecular formula is C14H20N2. The highest BCUT2D eigenvalue weighted by atomic mass is 14.9. The number of nitrogens with two attached hydrogens (primary N) is 1. The molecule has 2 nitrogen and oxygen atoms in total. The van der Waals surface area contributed by atoms with Crippen LogP contribution in [0, 0.1) is 0 Å². The molecule has 0 spiro atoms. The molecule has 0 amide bonds. The van der Waals surface area contributed by atoms with Crippen LogP contribution in [0.4, 0.5) is 0 Å². The Hall–Kier alpha value is -1.28. The molecule has 0 bridgehead atoms. The topological polar surface area (TPSA) is 30.9 Å². The van der Waals surface area contributed by atoms with E-state index in [1.165, 1.54) is 22.9 Å². The van der Waals surface area contributed by atoms with E-state index in [9.17, 15) is 0 Å². The summed E-state index contributed by atoms with van der Waals surface area (Å²) >= 11 is 0. The second-order valence-corrected chi connectivity index (χ2v) is 4.65. The summed E-state index contributed by atoms with van der Waals surface area (Å²) in [6.45, 7) is 2.07. The smallest absolute Gasteiger partial charge is 0.0480 e. The molecule has 0 fully saturated rings. The summed E-state index contributed by atoms with van der Waals surface area (Å²) in [7, 11) is 2.11. The summed E-state index contributed by atoms with van der Waals surface area (Å²) in [6, 6.07) is 8.89. The van der Waals surface area contributed by atoms with Crippen molar-refractivity contribution in [2.45, 2.75) is 32.2 Å². The molecule has 0 radical (unpaired) electrons. The molecule has 1 unspecified atom stereocenters. The summed E-state index contributed by atoms with van der Waals surface area (Å²) in [5.74, 6) is 0. The molecule has 0 aliphatic rings. The fourth-order valence-corrected chi connectivity index (χ4v) is 2.24. The second kappa shape index (κ2) is 4.71. The van der Waals surface area contributed by atoms with Crippen molar-refractivity contribution in [2.75, 3.05) is 0 Å². The van der Waals surface area contributed by atoms with Gasteiger partial charge in [-0.05, 0) is 37.8 Å². The first-order valence-electron chi connectivity index (χ1n) is 5.97. The minimum Gasteiger partial charge on any atom is -0.350 e. The minimum atomic E-state index is 0.315. The molecule has 0 aliphatic heterocycles. The summed E-state index contributed by atoms with van der Waals surface area (Å²) in [6.07, 6.45) is 5.64. The van der Waals surface area contributed by atoms with Gasteiger partial charge in [0.25, 0.3) is 0 Å². The number of hydrogen-bond acceptors (Lipinski definition) is 1. The third kappa shape index (κ3) is 2.27. The van der Waals surface area contributed by atoms with Gasteiger partial charge in [-0.25, -0.2) is 0 Å². The molecule has 1 heterocycles. The van der Waals surface area contributed by atoms with Crippen LogP contribution in [0.2, 0.25) is 0 Å². The Morgan fingerprint density at radius 1 is 1.31 bits per heavy atom. The number of fused-ring (bicyclic) bond motifs is 1. The van der Waals surface area contributed by atoms with E-state index in [1.807, 2.05) is 0 Å². The molecule has 16 heavy (non-hydrogen) atoms. The number of nitrogens with zero attached hydrogens (tertiary/aromatic N) is 1. The predicted molar refractivity (Wildman–Crippen MR) is 69.5 cm³/mol. The highest BCUT2D eigenvalue weighted by molar-refractivity contribution is 5.83. The number of rotatable bonds is 4. The fourth-order valence-electron chi connectivity index (χ4n) is 2.24. The van der Waals surface area contributed by atoms with Crippen LogP contribution >= 0.6 is 0 Å². The highest BCUT2D eigenvalue weighted by Crippen LogP contribution is 2.21. The van der Waals surface area contributed by atoms with Gasteiger partial charge in [0.2, 0.25) is 0 Å². The number of benzene rings is 1. The maximum atomic E-state index is 5.77. The highest BCUT2D eigenvalue weighted by Gasteiger charge is 2.05. The van der Waals surface area contributed by atoms with Crippen molar-refractivity contribution in [1.29, 1.82) is 0 Å². The van der Waals surface area contributed by atoms with Gasteiger partial charge in [-0.15, -0.1) is 0 Å². The molecule has 2 aromatic rings. The lowest BCUT2D eigenvalue weighted by Gasteiger charge is -2.03. The molecular weight excluding hydrogens is 196 g/mol. The van der Waals surface area contributed by atoms with Crippen LogP contribution in [0.5, 0.6) is 0 Å². The third-order valence-corrected chi connectivity index (χ3v) is 3.09. The van der Waals surface area contributed by atoms with Gasteiger partial charge in [0.05, 0.1) is 0 Å². The van der Waals surface area contributed by atoms with E-state index in [0.717, 1.165) is 12.8 Å². The molecule has 2 heteroatoms. The van der Waals surface area contributed by atoms with Gasteiger partial charge in [0, 0.05) is 30.2 Å². The SMILES string of the molecule is CC(N)CCCc1cn(C)c2ccccc12. The van der Waals surface area contributed by atoms with Crippen molar-refractivity contribution in [1.82, 2.24) is 4.57 Å². The first-order valence-corrected chi connectivity index (χ1v) is 5.97. The molecule has 0 aliphatic carbocycles. The summed E-state index contributed by atoms with van der Waals surface area (Å²) < 4.78 is 2.20. The Morgan fingerprint density at radius 2 is 2.06 bits per heavy atom. The Labute approximate surface area is 97.1 Å². The van der Waals surface area contributed by atoms with E-state index in [4.69, 9.17) is 5.73 Å². The minimum absolute atomic E-state index is 0.315. The van der Waals surface area contributed by atoms with Gasteiger partial charge in [0.1, 0.15) is 0 Å². The van der Waals surface area contributed by atoms with Gasteiger partial charge in [-0.2, -0.15) is 0 Å². The molecule has 2 rings (SSSR count). The van der Waals surface area contributed by atoms with Gasteiger partial charge >= 0.3 is 0 Å². The third-order valence-electron chi connectivity index (χ3n) is 3.09. The normalized spacial score (nSPS) is 13.2. The number of hydrogen-bond donors (Lipinski definition) is 1. The molecule has 1 aromatic carbocycles. The number of para-hydroxylation sites is 1. The van der Waals surface area contributed by atoms with Crippen molar-refractivity contribution < 1.29 is 0 Å². The molecule has 86 valence electrons. The van der Waals surface area contributed by atoms with Crippen molar-refractivity contribution in [2.24, 2.45) is 12.8 Å². The zero-order valence-corrected chi connectivity index (χ0v) is 10.1. The summed E-state index contributed by atoms with van der Waals surface area (Å²) in [5, 5.41) is 1.38. The van der Waals surface area contributed by atoms with Gasteiger partial charge in [-0.3, -0.25) is 0 Å². The molecule has 1 aromatic heterocycles. The fraction of sp³-hybridized carbons (Fsp3) is 0.429. The first-order chi connectivity index (χ1) is 7.68. The Balaban J connectivity index is 2.18. The molecule has 2 N–H and O–H groups in total. The van der Waals surface area contributed by atoms with Crippen LogP contribution in [0.15, 0.2) is 30.5 Å². The van der Waals surface area contributed by atoms with E-state index < -0.39 is 0 Å². The van der Waals surface area contributed by atoms with Crippen molar-refractivity contribution >= 4 is 10.9 Å². The van der Waals surface area contributed by atoms with Crippen molar-refractivity contribution in [3.05, 3.63) is 36.0 Å². The van der Waals surface area contributed by atoms with Gasteiger partial charge in [0.15, 0.2) is 0 Å². The van der Waals surface area contributed by atoms with Gasteiger partial charge in [-0.1, -0.05) is 18.2 Å². The standard InChI is InChI=1S/C14H20N2/c1-11(15)6-5-7-12-10-16(2)14-9-4-3-8-13(12)14/h3-4,8-11H,5-7,15H2,1-2H3. The van der Waals surface area contributed by atoms with E-state index in [0.29, 0.717) is 6.04 Å². The number of aromatic nitrogens is 1. The lowest BCUT2D eigenvalue weighted by Crippen LogP contribution is -2.14. The lowest BCUT2D eigenvalue weighted by molar-refractivity contribution is 0.625. The zero-order chi connectivity index (χ0) is 11.5. The van der Waals surface area contributed by atoms with Crippen LogP contribution in [-0.4, -0.2) is 10.6 Å². The Kier molecular flexibility index (Phi) is 3.30. The predicted octanol–water partition coefficient (Wildman–Crippen LogP) is 2.85. The zero-order valence-electron chi connectivity index (χ0n) is 10.1. The summed E-state index contributed by atoms with van der Waals surface area (Å²) in [4.78, 5) is 0. The first kappa shape index (κ1) is 11.2. The van der Waals surface area contributed by atoms with Crippen molar-refractivity contribution in [3.63, 3.8) is 0 Å². The Bertz CT molecular complexity index is 469. The Morgan fingerprint density at radius 3 is 2.81 bits per heavy atom. The van der Waals surface area contributed by atoms with Crippen LogP contribution in [0.3, 0.4) is 0 Å². The monoisotopic (exact) mass is 216 g/mol. The van der Waals surface area contributed by atoms with Crippen LogP contribution < -0.4 is 5.73 Å². The average Bonchev–Trinajstić information content (AvgIpc) is 2.57. The molecule has 0 saturated carbocycles. The maximum absolute atomic E-state index is 5.77. The maximum Gasteiger partial charge on any atom is 0.0480 e. The summed E-state index contributed by atoms with van der Waals surface area (Å²) in [5.41, 5.74) is 8.53. The quantitative estimate of drug-likeness (QED) is 0.837. The molecule has 0 saturated heterocycles. The molecule has 1 atom stereocenters. The van der Waals surface area contributed by atoms with E-state index >= 15 is 0 Å². The number of aryl methyl sites for hydroxylation is 2. The van der Waals surface area contributed by atoms with E-state index in [-0.39, 0.29) is 0 Å².